The summed E-state index contributed by atoms with van der Waals surface area (Å²) in [6.45, 7) is 3.58. The average Bonchev–Trinajstić information content (AvgIpc) is 2.47. The van der Waals surface area contributed by atoms with Gasteiger partial charge >= 0.3 is 0 Å². The summed E-state index contributed by atoms with van der Waals surface area (Å²) in [6.07, 6.45) is -0.683. The van der Waals surface area contributed by atoms with Crippen LogP contribution in [-0.2, 0) is 4.79 Å². The van der Waals surface area contributed by atoms with Gasteiger partial charge in [0.15, 0.2) is 6.10 Å². The molecule has 0 saturated carbocycles. The van der Waals surface area contributed by atoms with Crippen molar-refractivity contribution in [2.75, 3.05) is 5.32 Å². The van der Waals surface area contributed by atoms with Crippen LogP contribution in [0.5, 0.6) is 5.75 Å². The third kappa shape index (κ3) is 4.05. The lowest BCUT2D eigenvalue weighted by molar-refractivity contribution is -0.384. The molecule has 0 spiro atoms. The number of anilines is 1. The van der Waals surface area contributed by atoms with Crippen LogP contribution in [-0.4, -0.2) is 16.9 Å². The van der Waals surface area contributed by atoms with E-state index in [1.54, 1.807) is 13.0 Å². The van der Waals surface area contributed by atoms with Crippen molar-refractivity contribution in [2.45, 2.75) is 20.0 Å². The van der Waals surface area contributed by atoms with E-state index in [1.165, 1.54) is 24.3 Å². The fourth-order valence-corrected chi connectivity index (χ4v) is 1.86. The predicted molar refractivity (Wildman–Crippen MR) is 83.0 cm³/mol. The molecule has 2 aromatic rings. The van der Waals surface area contributed by atoms with E-state index in [-0.39, 0.29) is 11.6 Å². The topological polar surface area (TPSA) is 81.5 Å². The number of aryl methyl sites for hydroxylation is 1. The molecule has 0 aliphatic carbocycles. The van der Waals surface area contributed by atoms with Crippen molar-refractivity contribution < 1.29 is 14.5 Å². The zero-order valence-electron chi connectivity index (χ0n) is 12.3. The van der Waals surface area contributed by atoms with E-state index in [9.17, 15) is 14.9 Å². The van der Waals surface area contributed by atoms with E-state index in [0.717, 1.165) is 5.56 Å². The summed E-state index contributed by atoms with van der Waals surface area (Å²) in [5, 5.41) is 13.2. The second-order valence-corrected chi connectivity index (χ2v) is 4.87. The number of carbonyl (C=O) groups is 1. The Hall–Kier alpha value is -2.89. The average molecular weight is 300 g/mol. The number of hydrogen-bond donors (Lipinski definition) is 1. The van der Waals surface area contributed by atoms with Gasteiger partial charge in [-0.15, -0.1) is 0 Å². The molecule has 0 aromatic heterocycles. The van der Waals surface area contributed by atoms with Crippen LogP contribution in [0.4, 0.5) is 11.4 Å². The normalized spacial score (nSPS) is 11.5. The lowest BCUT2D eigenvalue weighted by atomic mass is 10.2. The quantitative estimate of drug-likeness (QED) is 0.678. The standard InChI is InChI=1S/C16H16N2O4/c1-11-4-3-5-15(10-11)22-12(2)16(19)17-13-6-8-14(9-7-13)18(20)21/h3-10,12H,1-2H3,(H,17,19)/t12-/m0/s1. The van der Waals surface area contributed by atoms with Crippen LogP contribution < -0.4 is 10.1 Å². The minimum Gasteiger partial charge on any atom is -0.481 e. The monoisotopic (exact) mass is 300 g/mol. The van der Waals surface area contributed by atoms with Crippen molar-refractivity contribution in [3.05, 3.63) is 64.2 Å². The molecule has 0 aliphatic rings. The first kappa shape index (κ1) is 15.5. The van der Waals surface area contributed by atoms with Crippen molar-refractivity contribution in [3.63, 3.8) is 0 Å². The largest absolute Gasteiger partial charge is 0.481 e. The van der Waals surface area contributed by atoms with Crippen molar-refractivity contribution >= 4 is 17.3 Å². The van der Waals surface area contributed by atoms with Crippen LogP contribution in [0.25, 0.3) is 0 Å². The lowest BCUT2D eigenvalue weighted by Crippen LogP contribution is -2.30. The molecule has 6 heteroatoms. The Morgan fingerprint density at radius 1 is 1.23 bits per heavy atom. The van der Waals surface area contributed by atoms with Crippen LogP contribution in [0.2, 0.25) is 0 Å². The SMILES string of the molecule is Cc1cccc(O[C@@H](C)C(=O)Nc2ccc([N+](=O)[O-])cc2)c1. The highest BCUT2D eigenvalue weighted by atomic mass is 16.6. The highest BCUT2D eigenvalue weighted by Gasteiger charge is 2.15. The fourth-order valence-electron chi connectivity index (χ4n) is 1.86. The molecule has 1 amide bonds. The number of benzene rings is 2. The molecule has 2 rings (SSSR count). The number of carbonyl (C=O) groups excluding carboxylic acids is 1. The van der Waals surface area contributed by atoms with E-state index in [0.29, 0.717) is 11.4 Å². The Morgan fingerprint density at radius 2 is 1.91 bits per heavy atom. The van der Waals surface area contributed by atoms with E-state index in [4.69, 9.17) is 4.74 Å². The number of nitrogens with one attached hydrogen (secondary N) is 1. The molecule has 0 bridgehead atoms. The Kier molecular flexibility index (Phi) is 4.73. The Bertz CT molecular complexity index is 683. The van der Waals surface area contributed by atoms with E-state index < -0.39 is 11.0 Å². The van der Waals surface area contributed by atoms with Crippen LogP contribution in [0.3, 0.4) is 0 Å². The number of nitro groups is 1. The third-order valence-electron chi connectivity index (χ3n) is 3.02. The smallest absolute Gasteiger partial charge is 0.269 e. The zero-order valence-corrected chi connectivity index (χ0v) is 12.3. The van der Waals surface area contributed by atoms with Gasteiger partial charge in [0.05, 0.1) is 4.92 Å². The van der Waals surface area contributed by atoms with Crippen molar-refractivity contribution in [1.82, 2.24) is 0 Å². The number of rotatable bonds is 5. The summed E-state index contributed by atoms with van der Waals surface area (Å²) in [7, 11) is 0. The maximum atomic E-state index is 12.1. The Morgan fingerprint density at radius 3 is 2.50 bits per heavy atom. The number of nitrogens with zero attached hydrogens (tertiary/aromatic N) is 1. The second kappa shape index (κ2) is 6.71. The maximum absolute atomic E-state index is 12.1. The molecule has 22 heavy (non-hydrogen) atoms. The number of ether oxygens (including phenoxy) is 1. The van der Waals surface area contributed by atoms with Crippen molar-refractivity contribution in [3.8, 4) is 5.75 Å². The van der Waals surface area contributed by atoms with Crippen molar-refractivity contribution in [2.24, 2.45) is 0 Å². The molecule has 0 heterocycles. The van der Waals surface area contributed by atoms with Gasteiger partial charge in [-0.2, -0.15) is 0 Å². The summed E-state index contributed by atoms with van der Waals surface area (Å²) in [4.78, 5) is 22.1. The molecule has 114 valence electrons. The highest BCUT2D eigenvalue weighted by molar-refractivity contribution is 5.94. The Labute approximate surface area is 127 Å². The molecule has 0 radical (unpaired) electrons. The molecule has 0 aliphatic heterocycles. The first-order valence-corrected chi connectivity index (χ1v) is 6.74. The van der Waals surface area contributed by atoms with Crippen LogP contribution >= 0.6 is 0 Å². The molecular formula is C16H16N2O4. The molecule has 1 atom stereocenters. The summed E-state index contributed by atoms with van der Waals surface area (Å²) < 4.78 is 5.57. The first-order chi connectivity index (χ1) is 10.5. The van der Waals surface area contributed by atoms with E-state index >= 15 is 0 Å². The number of nitro benzene ring substituents is 1. The highest BCUT2D eigenvalue weighted by Crippen LogP contribution is 2.17. The van der Waals surface area contributed by atoms with Gasteiger partial charge in [0, 0.05) is 17.8 Å². The van der Waals surface area contributed by atoms with Crippen molar-refractivity contribution in [1.29, 1.82) is 0 Å². The van der Waals surface area contributed by atoms with Gasteiger partial charge in [-0.3, -0.25) is 14.9 Å². The van der Waals surface area contributed by atoms with Gasteiger partial charge in [-0.05, 0) is 43.7 Å². The van der Waals surface area contributed by atoms with Crippen LogP contribution in [0, 0.1) is 17.0 Å². The van der Waals surface area contributed by atoms with Crippen LogP contribution in [0.15, 0.2) is 48.5 Å². The molecule has 0 unspecified atom stereocenters. The third-order valence-corrected chi connectivity index (χ3v) is 3.02. The van der Waals surface area contributed by atoms with Gasteiger partial charge in [0.25, 0.3) is 11.6 Å². The predicted octanol–water partition coefficient (Wildman–Crippen LogP) is 3.31. The summed E-state index contributed by atoms with van der Waals surface area (Å²) in [5.74, 6) is 0.293. The fraction of sp³-hybridized carbons (Fsp3) is 0.188. The number of amides is 1. The van der Waals surface area contributed by atoms with Gasteiger partial charge in [0.2, 0.25) is 0 Å². The summed E-state index contributed by atoms with van der Waals surface area (Å²) in [5.41, 5.74) is 1.50. The molecule has 6 nitrogen and oxygen atoms in total. The molecule has 2 aromatic carbocycles. The molecule has 1 N–H and O–H groups in total. The van der Waals surface area contributed by atoms with Gasteiger partial charge in [0.1, 0.15) is 5.75 Å². The summed E-state index contributed by atoms with van der Waals surface area (Å²) in [6, 6.07) is 13.0. The molecular weight excluding hydrogens is 284 g/mol. The Balaban J connectivity index is 1.97. The maximum Gasteiger partial charge on any atom is 0.269 e. The molecule has 0 saturated heterocycles. The zero-order chi connectivity index (χ0) is 16.1. The van der Waals surface area contributed by atoms with E-state index in [1.807, 2.05) is 25.1 Å². The van der Waals surface area contributed by atoms with Gasteiger partial charge < -0.3 is 10.1 Å². The van der Waals surface area contributed by atoms with Gasteiger partial charge in [-0.1, -0.05) is 12.1 Å². The minimum atomic E-state index is -0.683. The van der Waals surface area contributed by atoms with Crippen LogP contribution in [0.1, 0.15) is 12.5 Å². The van der Waals surface area contributed by atoms with Gasteiger partial charge in [-0.25, -0.2) is 0 Å². The number of hydrogen-bond acceptors (Lipinski definition) is 4. The molecule has 0 fully saturated rings. The number of non-ortho nitro benzene ring substituents is 1. The lowest BCUT2D eigenvalue weighted by Gasteiger charge is -2.15. The minimum absolute atomic E-state index is 0.0259. The van der Waals surface area contributed by atoms with E-state index in [2.05, 4.69) is 5.32 Å². The second-order valence-electron chi connectivity index (χ2n) is 4.87. The first-order valence-electron chi connectivity index (χ1n) is 6.74. The summed E-state index contributed by atoms with van der Waals surface area (Å²) >= 11 is 0.